The molecular formula is C8H12B4O3. The van der Waals surface area contributed by atoms with Crippen LogP contribution in [0.25, 0.3) is 0 Å². The van der Waals surface area contributed by atoms with Crippen molar-refractivity contribution in [3.05, 3.63) is 0 Å². The smallest absolute Gasteiger partial charge is 0.295 e. The van der Waals surface area contributed by atoms with Crippen LogP contribution >= 0.6 is 0 Å². The van der Waals surface area contributed by atoms with E-state index in [1.807, 2.05) is 0 Å². The van der Waals surface area contributed by atoms with Crippen LogP contribution in [0.15, 0.2) is 0 Å². The summed E-state index contributed by atoms with van der Waals surface area (Å²) in [4.78, 5) is 11.5. The van der Waals surface area contributed by atoms with Gasteiger partial charge >= 0.3 is 0 Å². The Kier molecular flexibility index (Phi) is 4.19. The second-order valence-corrected chi connectivity index (χ2v) is 4.71. The van der Waals surface area contributed by atoms with Gasteiger partial charge in [-0.2, -0.15) is 0 Å². The first-order chi connectivity index (χ1) is 6.33. The van der Waals surface area contributed by atoms with E-state index in [9.17, 15) is 4.79 Å². The van der Waals surface area contributed by atoms with Gasteiger partial charge < -0.3 is 9.84 Å². The van der Waals surface area contributed by atoms with E-state index in [-0.39, 0.29) is 0 Å². The first kappa shape index (κ1) is 14.7. The lowest BCUT2D eigenvalue weighted by Gasteiger charge is -2.33. The van der Waals surface area contributed by atoms with E-state index in [2.05, 4.69) is 0 Å². The van der Waals surface area contributed by atoms with Crippen molar-refractivity contribution in [2.45, 2.75) is 43.4 Å². The van der Waals surface area contributed by atoms with E-state index in [0.29, 0.717) is 0 Å². The van der Waals surface area contributed by atoms with Crippen LogP contribution in [-0.2, 0) is 9.53 Å². The molecule has 0 aliphatic carbocycles. The molecule has 0 amide bonds. The average Bonchev–Trinajstić information content (AvgIpc) is 1.75. The van der Waals surface area contributed by atoms with Crippen LogP contribution in [0.4, 0.5) is 0 Å². The fraction of sp³-hybridized carbons (Fsp3) is 0.875. The molecular weight excluding hydrogens is 187 g/mol. The van der Waals surface area contributed by atoms with Crippen molar-refractivity contribution in [2.75, 3.05) is 0 Å². The zero-order valence-electron chi connectivity index (χ0n) is 9.28. The number of hydrogen-bond acceptors (Lipinski definition) is 3. The highest BCUT2D eigenvalue weighted by Crippen LogP contribution is 2.29. The molecule has 0 heterocycles. The Morgan fingerprint density at radius 3 is 1.87 bits per heavy atom. The van der Waals surface area contributed by atoms with Crippen LogP contribution in [-0.4, -0.2) is 53.5 Å². The summed E-state index contributed by atoms with van der Waals surface area (Å²) in [6.07, 6.45) is -0.505. The minimum atomic E-state index is -2.11. The third-order valence-electron chi connectivity index (χ3n) is 1.35. The van der Waals surface area contributed by atoms with Gasteiger partial charge in [0.25, 0.3) is 5.97 Å². The van der Waals surface area contributed by atoms with Gasteiger partial charge in [0, 0.05) is 0 Å². The van der Waals surface area contributed by atoms with Crippen molar-refractivity contribution in [1.82, 2.24) is 0 Å². The molecule has 8 radical (unpaired) electrons. The van der Waals surface area contributed by atoms with Crippen molar-refractivity contribution in [1.29, 1.82) is 0 Å². The summed E-state index contributed by atoms with van der Waals surface area (Å²) in [5.41, 5.74) is -0.720. The van der Waals surface area contributed by atoms with Gasteiger partial charge in [-0.25, -0.2) is 0 Å². The summed E-state index contributed by atoms with van der Waals surface area (Å²) in [5.74, 6) is -0.871. The number of ether oxygens (including phenoxy) is 1. The second kappa shape index (κ2) is 4.28. The van der Waals surface area contributed by atoms with Gasteiger partial charge in [0.05, 0.1) is 31.4 Å². The number of carbonyl (C=O) groups excluding carboxylic acids is 1. The van der Waals surface area contributed by atoms with Crippen LogP contribution < -0.4 is 0 Å². The average molecular weight is 199 g/mol. The van der Waals surface area contributed by atoms with Crippen LogP contribution in [0.2, 0.25) is 5.21 Å². The summed E-state index contributed by atoms with van der Waals surface area (Å²) in [5, 5.41) is 5.07. The zero-order valence-corrected chi connectivity index (χ0v) is 9.28. The van der Waals surface area contributed by atoms with E-state index >= 15 is 0 Å². The van der Waals surface area contributed by atoms with E-state index in [1.54, 1.807) is 20.8 Å². The van der Waals surface area contributed by atoms with E-state index < -0.39 is 28.6 Å². The molecule has 0 aromatic rings. The van der Waals surface area contributed by atoms with Gasteiger partial charge in [0.15, 0.2) is 0 Å². The Bertz CT molecular complexity index is 239. The number of rotatable bonds is 3. The van der Waals surface area contributed by atoms with E-state index in [4.69, 9.17) is 41.2 Å². The minimum absolute atomic E-state index is 0.505. The summed E-state index contributed by atoms with van der Waals surface area (Å²) in [7, 11) is 21.1. The molecule has 0 unspecified atom stereocenters. The lowest BCUT2D eigenvalue weighted by molar-refractivity contribution is -0.156. The highest BCUT2D eigenvalue weighted by molar-refractivity contribution is 6.51. The Labute approximate surface area is 96.0 Å². The van der Waals surface area contributed by atoms with Gasteiger partial charge in [-0.05, 0) is 37.8 Å². The quantitative estimate of drug-likeness (QED) is 0.476. The summed E-state index contributed by atoms with van der Waals surface area (Å²) in [6.45, 7) is 4.99. The fourth-order valence-electron chi connectivity index (χ4n) is 0.914. The predicted octanol–water partition coefficient (Wildman–Crippen LogP) is -0.846. The van der Waals surface area contributed by atoms with Crippen molar-refractivity contribution in [3.8, 4) is 0 Å². The topological polar surface area (TPSA) is 46.5 Å². The first-order valence-corrected chi connectivity index (χ1v) is 4.45. The SMILES string of the molecule is [B]C([B])(O)CC([B])([B])C(=O)OC(C)(C)C. The van der Waals surface area contributed by atoms with Gasteiger partial charge in [-0.3, -0.25) is 4.79 Å². The summed E-state index contributed by atoms with van der Waals surface area (Å²) >= 11 is 0. The van der Waals surface area contributed by atoms with Crippen LogP contribution in [0.1, 0.15) is 27.2 Å². The van der Waals surface area contributed by atoms with Crippen LogP contribution in [0, 0.1) is 0 Å². The fourth-order valence-corrected chi connectivity index (χ4v) is 0.914. The van der Waals surface area contributed by atoms with Crippen molar-refractivity contribution < 1.29 is 14.6 Å². The Balaban J connectivity index is 4.54. The molecule has 0 spiro atoms. The molecule has 74 valence electrons. The molecule has 0 saturated heterocycles. The zero-order chi connectivity index (χ0) is 12.5. The molecule has 7 heteroatoms. The van der Waals surface area contributed by atoms with Gasteiger partial charge in [0.2, 0.25) is 0 Å². The van der Waals surface area contributed by atoms with Gasteiger partial charge in [-0.15, -0.1) is 0 Å². The number of esters is 1. The third-order valence-corrected chi connectivity index (χ3v) is 1.35. The molecule has 0 aliphatic heterocycles. The maximum absolute atomic E-state index is 11.5. The van der Waals surface area contributed by atoms with Crippen LogP contribution in [0.3, 0.4) is 0 Å². The molecule has 0 rings (SSSR count). The Morgan fingerprint density at radius 1 is 1.20 bits per heavy atom. The highest BCUT2D eigenvalue weighted by Gasteiger charge is 2.35. The highest BCUT2D eigenvalue weighted by atomic mass is 16.6. The van der Waals surface area contributed by atoms with E-state index in [1.165, 1.54) is 0 Å². The standard InChI is InChI=1S/C8H12B4O3/c1-6(2,3)15-5(13)7(9,10)4-8(11,12)14/h14H,4H2,1-3H3. The van der Waals surface area contributed by atoms with E-state index in [0.717, 1.165) is 0 Å². The predicted molar refractivity (Wildman–Crippen MR) is 61.1 cm³/mol. The Morgan fingerprint density at radius 2 is 1.60 bits per heavy atom. The molecule has 0 atom stereocenters. The maximum atomic E-state index is 11.5. The molecule has 0 fully saturated rings. The van der Waals surface area contributed by atoms with Gasteiger partial charge in [0.1, 0.15) is 5.60 Å². The molecule has 0 aromatic carbocycles. The number of aliphatic hydroxyl groups is 1. The van der Waals surface area contributed by atoms with Gasteiger partial charge in [-0.1, -0.05) is 0 Å². The lowest BCUT2D eigenvalue weighted by Crippen LogP contribution is -2.41. The number of hydrogen-bond donors (Lipinski definition) is 1. The largest absolute Gasteiger partial charge is 0.461 e. The summed E-state index contributed by atoms with van der Waals surface area (Å²) in [6, 6.07) is 0. The van der Waals surface area contributed by atoms with Crippen molar-refractivity contribution in [3.63, 3.8) is 0 Å². The summed E-state index contributed by atoms with van der Waals surface area (Å²) < 4.78 is 4.94. The molecule has 0 aromatic heterocycles. The lowest BCUT2D eigenvalue weighted by atomic mass is 9.45. The maximum Gasteiger partial charge on any atom is 0.295 e. The Hall–Kier alpha value is -0.310. The molecule has 0 saturated carbocycles. The third kappa shape index (κ3) is 6.72. The van der Waals surface area contributed by atoms with Crippen molar-refractivity contribution in [2.24, 2.45) is 0 Å². The normalized spacial score (nSPS) is 13.6. The molecule has 3 nitrogen and oxygen atoms in total. The molecule has 0 aliphatic rings. The molecule has 0 bridgehead atoms. The van der Waals surface area contributed by atoms with Crippen molar-refractivity contribution >= 4 is 37.4 Å². The first-order valence-electron chi connectivity index (χ1n) is 4.45. The molecule has 1 N–H and O–H groups in total. The second-order valence-electron chi connectivity index (χ2n) is 4.71. The minimum Gasteiger partial charge on any atom is -0.461 e. The van der Waals surface area contributed by atoms with Crippen LogP contribution in [0.5, 0.6) is 0 Å². The molecule has 15 heavy (non-hydrogen) atoms. The monoisotopic (exact) mass is 200 g/mol. The number of carbonyl (C=O) groups is 1.